The molecule has 0 unspecified atom stereocenters. The molecule has 6 heteroatoms. The number of hydrogen-bond acceptors (Lipinski definition) is 5. The standard InChI is InChI=1S/C41H28N4OS/c1-41(2)32-13-8-20-42-40(32)45(34-18-19-36-37(38(34)41)30-12-4-6-15-35(30)47-36)25-9-7-10-26(23-25)46-27-16-17-28-29-11-3-5-14-33(29)44-22-21-43-39(44)31(28)24-27/h3-24H,1-2H3. The van der Waals surface area contributed by atoms with E-state index in [1.807, 2.05) is 36.0 Å². The molecule has 47 heavy (non-hydrogen) atoms. The third-order valence-corrected chi connectivity index (χ3v) is 10.8. The zero-order valence-corrected chi connectivity index (χ0v) is 26.6. The van der Waals surface area contributed by atoms with Gasteiger partial charge < -0.3 is 4.74 Å². The van der Waals surface area contributed by atoms with Crippen molar-refractivity contribution in [2.45, 2.75) is 19.3 Å². The van der Waals surface area contributed by atoms with Crippen molar-refractivity contribution in [3.8, 4) is 11.5 Å². The zero-order valence-electron chi connectivity index (χ0n) is 25.8. The van der Waals surface area contributed by atoms with Gasteiger partial charge in [-0.05, 0) is 71.6 Å². The highest BCUT2D eigenvalue weighted by atomic mass is 32.1. The van der Waals surface area contributed by atoms with Crippen LogP contribution in [0.3, 0.4) is 0 Å². The van der Waals surface area contributed by atoms with Crippen molar-refractivity contribution in [2.24, 2.45) is 0 Å². The fraction of sp³-hybridized carbons (Fsp3) is 0.0732. The molecule has 0 saturated heterocycles. The number of rotatable bonds is 3. The minimum absolute atomic E-state index is 0.250. The van der Waals surface area contributed by atoms with Crippen LogP contribution in [0.1, 0.15) is 25.0 Å². The van der Waals surface area contributed by atoms with Gasteiger partial charge >= 0.3 is 0 Å². The molecular weight excluding hydrogens is 597 g/mol. The van der Waals surface area contributed by atoms with Crippen LogP contribution in [0, 0.1) is 0 Å². The Bertz CT molecular complexity index is 2720. The van der Waals surface area contributed by atoms with Crippen LogP contribution >= 0.6 is 11.3 Å². The molecule has 0 spiro atoms. The molecule has 5 aromatic carbocycles. The lowest BCUT2D eigenvalue weighted by Crippen LogP contribution is -2.31. The molecule has 0 bridgehead atoms. The second-order valence-corrected chi connectivity index (χ2v) is 13.8. The average molecular weight is 625 g/mol. The molecule has 1 aliphatic rings. The molecule has 4 aromatic heterocycles. The Morgan fingerprint density at radius 3 is 2.45 bits per heavy atom. The number of fused-ring (bicyclic) bond motifs is 12. The number of para-hydroxylation sites is 1. The first kappa shape index (κ1) is 26.5. The second-order valence-electron chi connectivity index (χ2n) is 12.7. The highest BCUT2D eigenvalue weighted by Gasteiger charge is 2.39. The van der Waals surface area contributed by atoms with Gasteiger partial charge in [0.2, 0.25) is 0 Å². The van der Waals surface area contributed by atoms with E-state index >= 15 is 0 Å². The number of nitrogens with zero attached hydrogens (tertiary/aromatic N) is 4. The molecule has 9 aromatic rings. The van der Waals surface area contributed by atoms with Gasteiger partial charge in [0.25, 0.3) is 0 Å². The van der Waals surface area contributed by atoms with Gasteiger partial charge in [0.1, 0.15) is 23.0 Å². The van der Waals surface area contributed by atoms with E-state index in [4.69, 9.17) is 14.7 Å². The van der Waals surface area contributed by atoms with Crippen molar-refractivity contribution in [2.75, 3.05) is 4.90 Å². The third-order valence-electron chi connectivity index (χ3n) is 9.70. The summed E-state index contributed by atoms with van der Waals surface area (Å²) in [6.07, 6.45) is 5.76. The lowest BCUT2D eigenvalue weighted by molar-refractivity contribution is 0.483. The van der Waals surface area contributed by atoms with Gasteiger partial charge in [-0.25, -0.2) is 9.97 Å². The Morgan fingerprint density at radius 2 is 1.51 bits per heavy atom. The summed E-state index contributed by atoms with van der Waals surface area (Å²) < 4.78 is 11.4. The molecule has 5 nitrogen and oxygen atoms in total. The SMILES string of the molecule is CC1(C)c2cccnc2N(c2cccc(Oc3ccc4c5ccccc5n5ccnc5c4c3)c2)c2ccc3sc4ccccc4c3c21. The predicted octanol–water partition coefficient (Wildman–Crippen LogP) is 11.3. The summed E-state index contributed by atoms with van der Waals surface area (Å²) >= 11 is 1.86. The number of imidazole rings is 1. The smallest absolute Gasteiger partial charge is 0.145 e. The molecule has 0 saturated carbocycles. The summed E-state index contributed by atoms with van der Waals surface area (Å²) in [5.74, 6) is 2.47. The highest BCUT2D eigenvalue weighted by molar-refractivity contribution is 7.25. The first-order chi connectivity index (χ1) is 23.1. The van der Waals surface area contributed by atoms with Crippen LogP contribution < -0.4 is 9.64 Å². The topological polar surface area (TPSA) is 42.7 Å². The van der Waals surface area contributed by atoms with E-state index < -0.39 is 0 Å². The van der Waals surface area contributed by atoms with Gasteiger partial charge in [0.05, 0.1) is 16.9 Å². The van der Waals surface area contributed by atoms with E-state index in [1.165, 1.54) is 36.7 Å². The maximum atomic E-state index is 6.61. The van der Waals surface area contributed by atoms with E-state index in [0.29, 0.717) is 0 Å². The Kier molecular flexibility index (Phi) is 5.44. The van der Waals surface area contributed by atoms with Crippen LogP contribution in [0.5, 0.6) is 11.5 Å². The van der Waals surface area contributed by atoms with E-state index in [9.17, 15) is 0 Å². The monoisotopic (exact) mass is 624 g/mol. The van der Waals surface area contributed by atoms with Crippen LogP contribution in [0.2, 0.25) is 0 Å². The van der Waals surface area contributed by atoms with E-state index in [1.54, 1.807) is 0 Å². The number of benzene rings is 5. The third kappa shape index (κ3) is 3.76. The van der Waals surface area contributed by atoms with Crippen molar-refractivity contribution in [3.05, 3.63) is 145 Å². The van der Waals surface area contributed by atoms with E-state index in [-0.39, 0.29) is 5.41 Å². The lowest BCUT2D eigenvalue weighted by Gasteiger charge is -2.41. The van der Waals surface area contributed by atoms with Crippen LogP contribution in [0.4, 0.5) is 17.2 Å². The molecule has 0 amide bonds. The molecule has 0 N–H and O–H groups in total. The maximum Gasteiger partial charge on any atom is 0.145 e. The van der Waals surface area contributed by atoms with Crippen LogP contribution in [-0.2, 0) is 5.41 Å². The highest BCUT2D eigenvalue weighted by Crippen LogP contribution is 2.55. The summed E-state index contributed by atoms with van der Waals surface area (Å²) in [7, 11) is 0. The first-order valence-corrected chi connectivity index (χ1v) is 16.6. The zero-order chi connectivity index (χ0) is 31.3. The molecule has 0 fully saturated rings. The Morgan fingerprint density at radius 1 is 0.660 bits per heavy atom. The van der Waals surface area contributed by atoms with Gasteiger partial charge in [-0.2, -0.15) is 0 Å². The average Bonchev–Trinajstić information content (AvgIpc) is 3.75. The molecule has 10 rings (SSSR count). The van der Waals surface area contributed by atoms with Gasteiger partial charge in [-0.15, -0.1) is 11.3 Å². The fourth-order valence-corrected chi connectivity index (χ4v) is 8.75. The number of thiophene rings is 1. The van der Waals surface area contributed by atoms with Gasteiger partial charge in [0, 0.05) is 66.6 Å². The normalized spacial score (nSPS) is 13.9. The number of pyridine rings is 2. The Balaban J connectivity index is 1.13. The van der Waals surface area contributed by atoms with Gasteiger partial charge in [0.15, 0.2) is 0 Å². The molecular formula is C41H28N4OS. The quantitative estimate of drug-likeness (QED) is 0.183. The Hall–Kier alpha value is -5.72. The number of aromatic nitrogens is 3. The molecule has 0 atom stereocenters. The number of ether oxygens (including phenoxy) is 1. The molecule has 224 valence electrons. The second kappa shape index (κ2) is 9.64. The number of hydrogen-bond donors (Lipinski definition) is 0. The predicted molar refractivity (Wildman–Crippen MR) is 194 cm³/mol. The van der Waals surface area contributed by atoms with Crippen LogP contribution in [0.25, 0.3) is 47.5 Å². The van der Waals surface area contributed by atoms with Gasteiger partial charge in [-0.1, -0.05) is 62.4 Å². The molecule has 5 heterocycles. The van der Waals surface area contributed by atoms with Gasteiger partial charge in [-0.3, -0.25) is 9.30 Å². The number of anilines is 3. The summed E-state index contributed by atoms with van der Waals surface area (Å²) in [6.45, 7) is 4.66. The van der Waals surface area contributed by atoms with Crippen molar-refractivity contribution < 1.29 is 4.74 Å². The Labute approximate surface area is 274 Å². The molecule has 1 aliphatic heterocycles. The summed E-state index contributed by atoms with van der Waals surface area (Å²) in [5.41, 5.74) is 6.48. The first-order valence-electron chi connectivity index (χ1n) is 15.8. The molecule has 0 aliphatic carbocycles. The fourth-order valence-electron chi connectivity index (χ4n) is 7.64. The van der Waals surface area contributed by atoms with Crippen molar-refractivity contribution >= 4 is 76.0 Å². The van der Waals surface area contributed by atoms with Crippen molar-refractivity contribution in [1.82, 2.24) is 14.4 Å². The van der Waals surface area contributed by atoms with Crippen molar-refractivity contribution in [3.63, 3.8) is 0 Å². The lowest BCUT2D eigenvalue weighted by atomic mass is 9.73. The molecule has 0 radical (unpaired) electrons. The minimum Gasteiger partial charge on any atom is -0.457 e. The summed E-state index contributed by atoms with van der Waals surface area (Å²) in [6, 6.07) is 40.6. The summed E-state index contributed by atoms with van der Waals surface area (Å²) in [4.78, 5) is 12.0. The maximum absolute atomic E-state index is 6.61. The largest absolute Gasteiger partial charge is 0.457 e. The summed E-state index contributed by atoms with van der Waals surface area (Å²) in [5, 5.41) is 6.03. The van der Waals surface area contributed by atoms with E-state index in [2.05, 4.69) is 132 Å². The van der Waals surface area contributed by atoms with Crippen LogP contribution in [0.15, 0.2) is 134 Å². The van der Waals surface area contributed by atoms with Crippen LogP contribution in [-0.4, -0.2) is 14.4 Å². The van der Waals surface area contributed by atoms with E-state index in [0.717, 1.165) is 50.6 Å². The van der Waals surface area contributed by atoms with Crippen molar-refractivity contribution in [1.29, 1.82) is 0 Å². The minimum atomic E-state index is -0.250.